The molecule has 122 valence electrons. The van der Waals surface area contributed by atoms with E-state index in [1.807, 2.05) is 24.3 Å². The Morgan fingerprint density at radius 1 is 1.08 bits per heavy atom. The summed E-state index contributed by atoms with van der Waals surface area (Å²) in [5, 5.41) is 20.1. The topological polar surface area (TPSA) is 80.1 Å². The van der Waals surface area contributed by atoms with Crippen LogP contribution in [0.15, 0.2) is 69.6 Å². The zero-order valence-electron chi connectivity index (χ0n) is 12.8. The molecule has 0 radical (unpaired) electrons. The van der Waals surface area contributed by atoms with Gasteiger partial charge in [0.2, 0.25) is 0 Å². The minimum Gasteiger partial charge on any atom is -0.457 e. The summed E-state index contributed by atoms with van der Waals surface area (Å²) < 4.78 is 6.68. The lowest BCUT2D eigenvalue weighted by Crippen LogP contribution is -1.86. The average molecular weight is 395 g/mol. The molecular formula is C19H11BrN2O3. The van der Waals surface area contributed by atoms with Gasteiger partial charge in [0.05, 0.1) is 16.6 Å². The minimum absolute atomic E-state index is 0.0254. The van der Waals surface area contributed by atoms with Crippen LogP contribution in [-0.2, 0) is 0 Å². The van der Waals surface area contributed by atoms with E-state index in [0.29, 0.717) is 17.1 Å². The Labute approximate surface area is 152 Å². The predicted octanol–water partition coefficient (Wildman–Crippen LogP) is 5.68. The Hall–Kier alpha value is -3.17. The van der Waals surface area contributed by atoms with E-state index in [-0.39, 0.29) is 5.69 Å². The van der Waals surface area contributed by atoms with Gasteiger partial charge in [-0.15, -0.1) is 0 Å². The fourth-order valence-corrected chi connectivity index (χ4v) is 2.55. The summed E-state index contributed by atoms with van der Waals surface area (Å²) in [6, 6.07) is 19.2. The first-order chi connectivity index (χ1) is 12.1. The number of non-ortho nitro benzene ring substituents is 1. The van der Waals surface area contributed by atoms with Crippen molar-refractivity contribution in [3.8, 4) is 17.4 Å². The van der Waals surface area contributed by atoms with Gasteiger partial charge in [-0.2, -0.15) is 5.26 Å². The number of nitro benzene ring substituents is 1. The van der Waals surface area contributed by atoms with Gasteiger partial charge in [0, 0.05) is 22.2 Å². The number of allylic oxidation sites excluding steroid dienone is 1. The summed E-state index contributed by atoms with van der Waals surface area (Å²) in [5.74, 6) is 1.11. The lowest BCUT2D eigenvalue weighted by molar-refractivity contribution is -0.384. The number of benzene rings is 2. The predicted molar refractivity (Wildman–Crippen MR) is 98.4 cm³/mol. The lowest BCUT2D eigenvalue weighted by atomic mass is 10.1. The lowest BCUT2D eigenvalue weighted by Gasteiger charge is -1.99. The molecule has 6 heteroatoms. The first kappa shape index (κ1) is 16.7. The molecule has 1 aromatic heterocycles. The summed E-state index contributed by atoms with van der Waals surface area (Å²) >= 11 is 3.36. The second kappa shape index (κ2) is 7.16. The van der Waals surface area contributed by atoms with Crippen LogP contribution in [0.25, 0.3) is 23.0 Å². The van der Waals surface area contributed by atoms with Crippen LogP contribution in [0.2, 0.25) is 0 Å². The van der Waals surface area contributed by atoms with Crippen LogP contribution in [0.5, 0.6) is 0 Å². The van der Waals surface area contributed by atoms with E-state index in [1.54, 1.807) is 30.3 Å². The van der Waals surface area contributed by atoms with Crippen LogP contribution in [0.1, 0.15) is 11.3 Å². The number of rotatable bonds is 4. The van der Waals surface area contributed by atoms with Crippen molar-refractivity contribution in [1.29, 1.82) is 5.26 Å². The van der Waals surface area contributed by atoms with E-state index in [1.165, 1.54) is 12.1 Å². The highest BCUT2D eigenvalue weighted by atomic mass is 79.9. The first-order valence-electron chi connectivity index (χ1n) is 7.29. The van der Waals surface area contributed by atoms with Crippen molar-refractivity contribution in [2.45, 2.75) is 0 Å². The van der Waals surface area contributed by atoms with E-state index in [4.69, 9.17) is 4.42 Å². The maximum atomic E-state index is 10.7. The van der Waals surface area contributed by atoms with Gasteiger partial charge in [0.1, 0.15) is 11.5 Å². The number of hydrogen-bond donors (Lipinski definition) is 0. The molecule has 0 spiro atoms. The summed E-state index contributed by atoms with van der Waals surface area (Å²) in [6.07, 6.45) is 1.66. The molecule has 3 rings (SSSR count). The molecule has 0 aliphatic heterocycles. The first-order valence-corrected chi connectivity index (χ1v) is 8.08. The molecule has 0 aliphatic rings. The van der Waals surface area contributed by atoms with Gasteiger partial charge >= 0.3 is 0 Å². The molecule has 0 amide bonds. The fraction of sp³-hybridized carbons (Fsp3) is 0. The maximum Gasteiger partial charge on any atom is 0.269 e. The van der Waals surface area contributed by atoms with Crippen molar-refractivity contribution in [2.24, 2.45) is 0 Å². The van der Waals surface area contributed by atoms with Gasteiger partial charge in [-0.3, -0.25) is 10.1 Å². The molecule has 0 atom stereocenters. The van der Waals surface area contributed by atoms with Crippen LogP contribution in [0.3, 0.4) is 0 Å². The van der Waals surface area contributed by atoms with Crippen LogP contribution in [0.4, 0.5) is 5.69 Å². The van der Waals surface area contributed by atoms with Gasteiger partial charge in [0.25, 0.3) is 5.69 Å². The van der Waals surface area contributed by atoms with E-state index in [0.717, 1.165) is 15.6 Å². The Bertz CT molecular complexity index is 981. The van der Waals surface area contributed by atoms with Gasteiger partial charge in [-0.25, -0.2) is 0 Å². The molecule has 25 heavy (non-hydrogen) atoms. The van der Waals surface area contributed by atoms with Gasteiger partial charge in [-0.1, -0.05) is 28.1 Å². The molecule has 1 heterocycles. The molecule has 0 aliphatic carbocycles. The van der Waals surface area contributed by atoms with Crippen molar-refractivity contribution >= 4 is 33.3 Å². The molecule has 5 nitrogen and oxygen atoms in total. The van der Waals surface area contributed by atoms with Crippen LogP contribution >= 0.6 is 15.9 Å². The van der Waals surface area contributed by atoms with E-state index in [9.17, 15) is 15.4 Å². The van der Waals surface area contributed by atoms with Crippen LogP contribution in [-0.4, -0.2) is 4.92 Å². The number of nitro groups is 1. The highest BCUT2D eigenvalue weighted by Gasteiger charge is 2.09. The molecule has 0 bridgehead atoms. The summed E-state index contributed by atoms with van der Waals surface area (Å²) in [5.41, 5.74) is 2.03. The number of furan rings is 1. The van der Waals surface area contributed by atoms with Crippen molar-refractivity contribution in [2.75, 3.05) is 0 Å². The molecule has 3 aromatic rings. The summed E-state index contributed by atoms with van der Waals surface area (Å²) in [7, 11) is 0. The van der Waals surface area contributed by atoms with Gasteiger partial charge in [0.15, 0.2) is 0 Å². The standard InChI is InChI=1S/C19H11BrN2O3/c20-16-5-1-13(2-6-16)15(12-21)11-18-9-10-19(25-18)14-3-7-17(8-4-14)22(23)24/h1-11H/b15-11+. The number of halogens is 1. The van der Waals surface area contributed by atoms with Crippen LogP contribution < -0.4 is 0 Å². The quantitative estimate of drug-likeness (QED) is 0.323. The zero-order valence-corrected chi connectivity index (χ0v) is 14.4. The number of hydrogen-bond acceptors (Lipinski definition) is 4. The highest BCUT2D eigenvalue weighted by molar-refractivity contribution is 9.10. The smallest absolute Gasteiger partial charge is 0.269 e. The SMILES string of the molecule is N#C/C(=C\c1ccc(-c2ccc([N+](=O)[O-])cc2)o1)c1ccc(Br)cc1. The molecule has 0 saturated carbocycles. The zero-order chi connectivity index (χ0) is 17.8. The number of nitrogens with zero attached hydrogens (tertiary/aromatic N) is 2. The molecule has 2 aromatic carbocycles. The van der Waals surface area contributed by atoms with Crippen molar-refractivity contribution in [3.05, 3.63) is 86.6 Å². The number of nitriles is 1. The Kier molecular flexibility index (Phi) is 4.78. The summed E-state index contributed by atoms with van der Waals surface area (Å²) in [6.45, 7) is 0. The minimum atomic E-state index is -0.447. The highest BCUT2D eigenvalue weighted by Crippen LogP contribution is 2.27. The third kappa shape index (κ3) is 3.84. The fourth-order valence-electron chi connectivity index (χ4n) is 2.28. The third-order valence-corrected chi connectivity index (χ3v) is 4.08. The monoisotopic (exact) mass is 394 g/mol. The van der Waals surface area contributed by atoms with Crippen LogP contribution in [0, 0.1) is 21.4 Å². The Balaban J connectivity index is 1.88. The van der Waals surface area contributed by atoms with Crippen molar-refractivity contribution < 1.29 is 9.34 Å². The van der Waals surface area contributed by atoms with Gasteiger partial charge < -0.3 is 4.42 Å². The molecule has 0 fully saturated rings. The normalized spacial score (nSPS) is 11.1. The molecular weight excluding hydrogens is 384 g/mol. The van der Waals surface area contributed by atoms with E-state index < -0.39 is 4.92 Å². The van der Waals surface area contributed by atoms with Gasteiger partial charge in [-0.05, 0) is 48.0 Å². The van der Waals surface area contributed by atoms with E-state index >= 15 is 0 Å². The largest absolute Gasteiger partial charge is 0.457 e. The Morgan fingerprint density at radius 3 is 2.36 bits per heavy atom. The second-order valence-corrected chi connectivity index (χ2v) is 6.10. The molecule has 0 unspecified atom stereocenters. The van der Waals surface area contributed by atoms with Crippen molar-refractivity contribution in [3.63, 3.8) is 0 Å². The maximum absolute atomic E-state index is 10.7. The molecule has 0 saturated heterocycles. The summed E-state index contributed by atoms with van der Waals surface area (Å²) in [4.78, 5) is 10.3. The molecule has 0 N–H and O–H groups in total. The van der Waals surface area contributed by atoms with Crippen molar-refractivity contribution in [1.82, 2.24) is 0 Å². The van der Waals surface area contributed by atoms with E-state index in [2.05, 4.69) is 22.0 Å². The Morgan fingerprint density at radius 2 is 1.76 bits per heavy atom. The third-order valence-electron chi connectivity index (χ3n) is 3.55. The average Bonchev–Trinajstić information content (AvgIpc) is 3.09. The second-order valence-electron chi connectivity index (χ2n) is 5.18.